The van der Waals surface area contributed by atoms with Gasteiger partial charge in [-0.1, -0.05) is 24.4 Å². The smallest absolute Gasteiger partial charge is 0.0216 e. The van der Waals surface area contributed by atoms with Gasteiger partial charge in [-0.15, -0.1) is 0 Å². The van der Waals surface area contributed by atoms with Crippen molar-refractivity contribution in [3.05, 3.63) is 0 Å². The summed E-state index contributed by atoms with van der Waals surface area (Å²) in [5, 5.41) is 0.217. The molecule has 0 bridgehead atoms. The molecule has 4 heteroatoms. The van der Waals surface area contributed by atoms with Gasteiger partial charge in [0.2, 0.25) is 0 Å². The minimum absolute atomic E-state index is 0.194. The van der Waals surface area contributed by atoms with E-state index in [0.717, 1.165) is 25.7 Å². The van der Waals surface area contributed by atoms with Crippen molar-refractivity contribution in [2.24, 2.45) is 5.92 Å². The van der Waals surface area contributed by atoms with Crippen molar-refractivity contribution in [1.82, 2.24) is 0 Å². The molecule has 1 fully saturated rings. The van der Waals surface area contributed by atoms with Gasteiger partial charge in [0, 0.05) is 10.5 Å². The van der Waals surface area contributed by atoms with Crippen LogP contribution in [-0.2, 0) is 11.1 Å². The normalized spacial score (nSPS) is 35.9. The zero-order chi connectivity index (χ0) is 9.14. The second-order valence-corrected chi connectivity index (χ2v) is 5.54. The summed E-state index contributed by atoms with van der Waals surface area (Å²) in [6.45, 7) is 1.79. The molecule has 0 N–H and O–H groups in total. The Bertz CT molecular complexity index is 172. The topological polar surface area (TPSA) is 40.1 Å². The first kappa shape index (κ1) is 10.5. The second-order valence-electron chi connectivity index (χ2n) is 3.55. The van der Waals surface area contributed by atoms with E-state index in [-0.39, 0.29) is 5.25 Å². The van der Waals surface area contributed by atoms with Crippen LogP contribution in [0.2, 0.25) is 0 Å². The predicted octanol–water partition coefficient (Wildman–Crippen LogP) is 1.74. The highest BCUT2D eigenvalue weighted by Gasteiger charge is 2.24. The maximum atomic E-state index is 10.7. The first-order valence-corrected chi connectivity index (χ1v) is 6.03. The van der Waals surface area contributed by atoms with Gasteiger partial charge in [0.15, 0.2) is 0 Å². The van der Waals surface area contributed by atoms with E-state index in [9.17, 15) is 8.76 Å². The molecule has 72 valence electrons. The van der Waals surface area contributed by atoms with Gasteiger partial charge < -0.3 is 4.55 Å². The summed E-state index contributed by atoms with van der Waals surface area (Å²) in [6, 6.07) is 0. The lowest BCUT2D eigenvalue weighted by Gasteiger charge is -2.31. The molecule has 0 amide bonds. The lowest BCUT2D eigenvalue weighted by Crippen LogP contribution is -2.28. The van der Waals surface area contributed by atoms with Crippen molar-refractivity contribution in [3.8, 4) is 0 Å². The van der Waals surface area contributed by atoms with Crippen LogP contribution in [0.25, 0.3) is 0 Å². The minimum atomic E-state index is -1.91. The third-order valence-corrected chi connectivity index (χ3v) is 4.12. The molecule has 12 heavy (non-hydrogen) atoms. The van der Waals surface area contributed by atoms with Crippen LogP contribution in [0.4, 0.5) is 0 Å². The third kappa shape index (κ3) is 2.75. The van der Waals surface area contributed by atoms with Crippen LogP contribution in [0.1, 0.15) is 32.6 Å². The van der Waals surface area contributed by atoms with Gasteiger partial charge in [-0.05, 0) is 25.2 Å². The first-order chi connectivity index (χ1) is 5.61. The van der Waals surface area contributed by atoms with E-state index in [0.29, 0.717) is 11.2 Å². The highest BCUT2D eigenvalue weighted by Crippen LogP contribution is 2.31. The van der Waals surface area contributed by atoms with E-state index in [1.807, 2.05) is 0 Å². The van der Waals surface area contributed by atoms with Crippen LogP contribution in [0, 0.1) is 5.92 Å². The van der Waals surface area contributed by atoms with Crippen LogP contribution in [0.5, 0.6) is 0 Å². The highest BCUT2D eigenvalue weighted by molar-refractivity contribution is 7.81. The van der Waals surface area contributed by atoms with Gasteiger partial charge >= 0.3 is 0 Å². The van der Waals surface area contributed by atoms with Crippen molar-refractivity contribution in [2.75, 3.05) is 0 Å². The molecule has 4 unspecified atom stereocenters. The van der Waals surface area contributed by atoms with Crippen LogP contribution in [0.3, 0.4) is 0 Å². The lowest BCUT2D eigenvalue weighted by atomic mass is 9.87. The summed E-state index contributed by atoms with van der Waals surface area (Å²) < 4.78 is 21.4. The molecular weight excluding hydrogens is 192 g/mol. The Morgan fingerprint density at radius 1 is 1.58 bits per heavy atom. The van der Waals surface area contributed by atoms with Crippen molar-refractivity contribution in [3.63, 3.8) is 0 Å². The zero-order valence-corrected chi connectivity index (χ0v) is 8.94. The lowest BCUT2D eigenvalue weighted by molar-refractivity contribution is 0.352. The minimum Gasteiger partial charge on any atom is -0.772 e. The second kappa shape index (κ2) is 4.63. The Hall–Kier alpha value is 0.460. The van der Waals surface area contributed by atoms with Gasteiger partial charge in [-0.2, -0.15) is 12.6 Å². The summed E-state index contributed by atoms with van der Waals surface area (Å²) >= 11 is 2.48. The van der Waals surface area contributed by atoms with Crippen LogP contribution < -0.4 is 0 Å². The maximum absolute atomic E-state index is 10.7. The largest absolute Gasteiger partial charge is 0.772 e. The van der Waals surface area contributed by atoms with Crippen molar-refractivity contribution < 1.29 is 8.76 Å². The van der Waals surface area contributed by atoms with Gasteiger partial charge in [-0.3, -0.25) is 4.21 Å². The van der Waals surface area contributed by atoms with E-state index < -0.39 is 11.1 Å². The third-order valence-electron chi connectivity index (χ3n) is 2.65. The summed E-state index contributed by atoms with van der Waals surface area (Å²) in [5.41, 5.74) is 0. The molecule has 2 nitrogen and oxygen atoms in total. The van der Waals surface area contributed by atoms with Crippen molar-refractivity contribution >= 4 is 23.7 Å². The maximum Gasteiger partial charge on any atom is 0.0216 e. The predicted molar refractivity (Wildman–Crippen MR) is 53.1 cm³/mol. The number of hydrogen-bond donors (Lipinski definition) is 1. The van der Waals surface area contributed by atoms with Crippen molar-refractivity contribution in [1.29, 1.82) is 0 Å². The van der Waals surface area contributed by atoms with E-state index >= 15 is 0 Å². The molecule has 0 aliphatic heterocycles. The molecule has 0 radical (unpaired) electrons. The van der Waals surface area contributed by atoms with Crippen LogP contribution >= 0.6 is 12.6 Å². The van der Waals surface area contributed by atoms with Crippen molar-refractivity contribution in [2.45, 2.75) is 43.1 Å². The number of rotatable bonds is 2. The average molecular weight is 207 g/mol. The van der Waals surface area contributed by atoms with E-state index in [4.69, 9.17) is 0 Å². The summed E-state index contributed by atoms with van der Waals surface area (Å²) in [4.78, 5) is 0. The van der Waals surface area contributed by atoms with E-state index in [1.54, 1.807) is 6.92 Å². The summed E-state index contributed by atoms with van der Waals surface area (Å²) in [5.74, 6) is 0.333. The Kier molecular flexibility index (Phi) is 4.06. The SMILES string of the molecule is CC(C1CCCC(S)C1)S(=O)[O-]. The molecule has 1 aliphatic rings. The van der Waals surface area contributed by atoms with Gasteiger partial charge in [-0.25, -0.2) is 0 Å². The molecule has 0 saturated heterocycles. The first-order valence-electron chi connectivity index (χ1n) is 4.37. The highest BCUT2D eigenvalue weighted by atomic mass is 32.2. The number of hydrogen-bond acceptors (Lipinski definition) is 3. The monoisotopic (exact) mass is 207 g/mol. The Morgan fingerprint density at radius 2 is 2.25 bits per heavy atom. The molecule has 1 aliphatic carbocycles. The fraction of sp³-hybridized carbons (Fsp3) is 1.00. The van der Waals surface area contributed by atoms with Crippen LogP contribution in [0.15, 0.2) is 0 Å². The molecule has 0 aromatic rings. The fourth-order valence-electron chi connectivity index (χ4n) is 1.78. The zero-order valence-electron chi connectivity index (χ0n) is 7.23. The Labute approximate surface area is 81.8 Å². The molecular formula is C8H15O2S2-. The average Bonchev–Trinajstić information content (AvgIpc) is 2.03. The summed E-state index contributed by atoms with van der Waals surface area (Å²) in [6.07, 6.45) is 4.27. The molecule has 1 rings (SSSR count). The molecule has 0 aromatic heterocycles. The molecule has 1 saturated carbocycles. The standard InChI is InChI=1S/C8H16O2S2/c1-6(12(9)10)7-3-2-4-8(11)5-7/h6-8,11H,2-5H2,1H3,(H,9,10)/p-1. The van der Waals surface area contributed by atoms with E-state index in [2.05, 4.69) is 12.6 Å². The quantitative estimate of drug-likeness (QED) is 0.553. The molecule has 4 atom stereocenters. The Balaban J connectivity index is 2.45. The van der Waals surface area contributed by atoms with E-state index in [1.165, 1.54) is 0 Å². The molecule has 0 aromatic carbocycles. The number of thiol groups is 1. The summed E-state index contributed by atoms with van der Waals surface area (Å²) in [7, 11) is 0. The van der Waals surface area contributed by atoms with Gasteiger partial charge in [0.1, 0.15) is 0 Å². The molecule has 0 spiro atoms. The Morgan fingerprint density at radius 3 is 2.75 bits per heavy atom. The van der Waals surface area contributed by atoms with Crippen LogP contribution in [-0.4, -0.2) is 19.3 Å². The molecule has 0 heterocycles. The fourth-order valence-corrected chi connectivity index (χ4v) is 2.80. The van der Waals surface area contributed by atoms with Gasteiger partial charge in [0.25, 0.3) is 0 Å². The van der Waals surface area contributed by atoms with Gasteiger partial charge in [0.05, 0.1) is 0 Å².